The number of aromatic nitrogens is 2. The fourth-order valence-electron chi connectivity index (χ4n) is 4.79. The lowest BCUT2D eigenvalue weighted by Crippen LogP contribution is -2.43. The van der Waals surface area contributed by atoms with Crippen LogP contribution >= 0.6 is 0 Å². The molecule has 0 bridgehead atoms. The van der Waals surface area contributed by atoms with Gasteiger partial charge in [-0.3, -0.25) is 4.79 Å². The molecule has 1 amide bonds. The monoisotopic (exact) mass is 541 g/mol. The van der Waals surface area contributed by atoms with Crippen LogP contribution in [0.5, 0.6) is 0 Å². The average Bonchev–Trinajstić information content (AvgIpc) is 3.21. The number of hydrogen-bond acceptors (Lipinski definition) is 7. The summed E-state index contributed by atoms with van der Waals surface area (Å²) in [5, 5.41) is 2.87. The van der Waals surface area contributed by atoms with E-state index in [1.54, 1.807) is 30.5 Å². The SMILES string of the molecule is CC1CCN(c2ncccc2C(=O)NS(=O)(=O)c2cccc(Nc3ccc(-c4ccccc4)cc3)n2)C1(C)C. The van der Waals surface area contributed by atoms with Crippen molar-refractivity contribution < 1.29 is 13.2 Å². The number of pyridine rings is 2. The lowest BCUT2D eigenvalue weighted by Gasteiger charge is -2.36. The number of hydrogen-bond donors (Lipinski definition) is 2. The van der Waals surface area contributed by atoms with Crippen molar-refractivity contribution in [1.29, 1.82) is 0 Å². The molecule has 4 aromatic rings. The van der Waals surface area contributed by atoms with Gasteiger partial charge in [-0.05, 0) is 73.7 Å². The van der Waals surface area contributed by atoms with E-state index < -0.39 is 15.9 Å². The molecule has 1 saturated heterocycles. The van der Waals surface area contributed by atoms with Gasteiger partial charge in [-0.25, -0.2) is 14.7 Å². The molecular weight excluding hydrogens is 510 g/mol. The molecule has 39 heavy (non-hydrogen) atoms. The summed E-state index contributed by atoms with van der Waals surface area (Å²) in [6.07, 6.45) is 2.57. The minimum absolute atomic E-state index is 0.205. The van der Waals surface area contributed by atoms with Gasteiger partial charge in [0.15, 0.2) is 5.03 Å². The molecule has 0 aliphatic carbocycles. The summed E-state index contributed by atoms with van der Waals surface area (Å²) < 4.78 is 28.5. The maximum Gasteiger partial charge on any atom is 0.281 e. The Hall–Kier alpha value is -4.24. The molecule has 2 aromatic heterocycles. The fraction of sp³-hybridized carbons (Fsp3) is 0.233. The summed E-state index contributed by atoms with van der Waals surface area (Å²) in [6.45, 7) is 7.11. The molecule has 200 valence electrons. The largest absolute Gasteiger partial charge is 0.351 e. The Morgan fingerprint density at radius 2 is 1.64 bits per heavy atom. The van der Waals surface area contributed by atoms with Crippen molar-refractivity contribution in [2.75, 3.05) is 16.8 Å². The smallest absolute Gasteiger partial charge is 0.281 e. The second-order valence-electron chi connectivity index (χ2n) is 10.2. The molecule has 1 atom stereocenters. The normalized spacial score (nSPS) is 16.6. The number of rotatable bonds is 7. The van der Waals surface area contributed by atoms with Crippen molar-refractivity contribution in [3.63, 3.8) is 0 Å². The molecule has 5 rings (SSSR count). The third-order valence-electron chi connectivity index (χ3n) is 7.46. The van der Waals surface area contributed by atoms with E-state index in [1.165, 1.54) is 6.07 Å². The first kappa shape index (κ1) is 26.4. The van der Waals surface area contributed by atoms with Gasteiger partial charge in [0.05, 0.1) is 5.56 Å². The van der Waals surface area contributed by atoms with Gasteiger partial charge in [0.1, 0.15) is 11.6 Å². The van der Waals surface area contributed by atoms with Gasteiger partial charge in [-0.1, -0.05) is 55.5 Å². The molecule has 1 aliphatic heterocycles. The number of sulfonamides is 1. The van der Waals surface area contributed by atoms with E-state index in [4.69, 9.17) is 0 Å². The van der Waals surface area contributed by atoms with Gasteiger partial charge in [-0.2, -0.15) is 8.42 Å². The highest BCUT2D eigenvalue weighted by Gasteiger charge is 2.40. The summed E-state index contributed by atoms with van der Waals surface area (Å²) in [4.78, 5) is 24.0. The maximum atomic E-state index is 13.2. The van der Waals surface area contributed by atoms with Crippen LogP contribution in [0.25, 0.3) is 11.1 Å². The second kappa shape index (κ2) is 10.5. The highest BCUT2D eigenvalue weighted by atomic mass is 32.2. The van der Waals surface area contributed by atoms with E-state index in [1.807, 2.05) is 54.6 Å². The van der Waals surface area contributed by atoms with Gasteiger partial charge in [0.25, 0.3) is 15.9 Å². The fourth-order valence-corrected chi connectivity index (χ4v) is 5.72. The predicted molar refractivity (Wildman–Crippen MR) is 153 cm³/mol. The quantitative estimate of drug-likeness (QED) is 0.312. The highest BCUT2D eigenvalue weighted by molar-refractivity contribution is 7.90. The number of nitrogens with zero attached hydrogens (tertiary/aromatic N) is 3. The van der Waals surface area contributed by atoms with Crippen molar-refractivity contribution in [3.8, 4) is 11.1 Å². The van der Waals surface area contributed by atoms with E-state index in [9.17, 15) is 13.2 Å². The molecule has 2 aromatic carbocycles. The summed E-state index contributed by atoms with van der Waals surface area (Å²) in [5.41, 5.74) is 2.91. The van der Waals surface area contributed by atoms with Crippen LogP contribution in [0.4, 0.5) is 17.3 Å². The first-order valence-electron chi connectivity index (χ1n) is 12.8. The second-order valence-corrected chi connectivity index (χ2v) is 11.9. The summed E-state index contributed by atoms with van der Waals surface area (Å²) in [7, 11) is -4.24. The van der Waals surface area contributed by atoms with Crippen LogP contribution in [0.3, 0.4) is 0 Å². The standard InChI is InChI=1S/C30H31N5O3S/c1-21-18-20-35(30(21,2)3)28-25(11-8-19-31-28)29(36)34-39(37,38)27-13-7-12-26(33-27)32-24-16-14-23(15-17-24)22-9-5-4-6-10-22/h4-17,19,21H,18,20H2,1-3H3,(H,32,33)(H,34,36). The molecule has 0 spiro atoms. The number of benzene rings is 2. The van der Waals surface area contributed by atoms with Crippen LogP contribution in [-0.4, -0.2) is 36.4 Å². The molecular formula is C30H31N5O3S. The van der Waals surface area contributed by atoms with E-state index >= 15 is 0 Å². The molecule has 0 radical (unpaired) electrons. The zero-order chi connectivity index (χ0) is 27.6. The Balaban J connectivity index is 1.33. The first-order chi connectivity index (χ1) is 18.6. The summed E-state index contributed by atoms with van der Waals surface area (Å²) in [6, 6.07) is 25.6. The zero-order valence-corrected chi connectivity index (χ0v) is 22.9. The van der Waals surface area contributed by atoms with Crippen LogP contribution in [-0.2, 0) is 10.0 Å². The highest BCUT2D eigenvalue weighted by Crippen LogP contribution is 2.38. The Morgan fingerprint density at radius 3 is 2.33 bits per heavy atom. The van der Waals surface area contributed by atoms with Crippen LogP contribution in [0, 0.1) is 5.92 Å². The van der Waals surface area contributed by atoms with E-state index in [0.29, 0.717) is 17.6 Å². The van der Waals surface area contributed by atoms with Crippen molar-refractivity contribution in [3.05, 3.63) is 96.7 Å². The lowest BCUT2D eigenvalue weighted by atomic mass is 9.90. The van der Waals surface area contributed by atoms with Crippen molar-refractivity contribution in [2.24, 2.45) is 5.92 Å². The van der Waals surface area contributed by atoms with Crippen LogP contribution < -0.4 is 14.9 Å². The van der Waals surface area contributed by atoms with Gasteiger partial charge in [0, 0.05) is 24.0 Å². The molecule has 2 N–H and O–H groups in total. The van der Waals surface area contributed by atoms with Crippen molar-refractivity contribution in [2.45, 2.75) is 37.8 Å². The molecule has 1 fully saturated rings. The number of nitrogens with one attached hydrogen (secondary N) is 2. The molecule has 0 saturated carbocycles. The molecule has 3 heterocycles. The summed E-state index contributed by atoms with van der Waals surface area (Å²) >= 11 is 0. The van der Waals surface area contributed by atoms with Gasteiger partial charge >= 0.3 is 0 Å². The topological polar surface area (TPSA) is 104 Å². The first-order valence-corrected chi connectivity index (χ1v) is 14.3. The van der Waals surface area contributed by atoms with E-state index in [0.717, 1.165) is 29.8 Å². The van der Waals surface area contributed by atoms with E-state index in [-0.39, 0.29) is 16.1 Å². The third-order valence-corrected chi connectivity index (χ3v) is 8.70. The van der Waals surface area contributed by atoms with E-state index in [2.05, 4.69) is 45.7 Å². The van der Waals surface area contributed by atoms with Crippen molar-refractivity contribution in [1.82, 2.24) is 14.7 Å². The minimum atomic E-state index is -4.24. The number of amides is 1. The molecule has 1 unspecified atom stereocenters. The summed E-state index contributed by atoms with van der Waals surface area (Å²) in [5.74, 6) is 0.466. The molecule has 1 aliphatic rings. The Labute approximate surface area is 229 Å². The Kier molecular flexibility index (Phi) is 7.10. The van der Waals surface area contributed by atoms with Crippen LogP contribution in [0.2, 0.25) is 0 Å². The predicted octanol–water partition coefficient (Wildman–Crippen LogP) is 5.63. The van der Waals surface area contributed by atoms with Gasteiger partial charge < -0.3 is 10.2 Å². The zero-order valence-electron chi connectivity index (χ0n) is 22.1. The Bertz CT molecular complexity index is 1590. The number of anilines is 3. The van der Waals surface area contributed by atoms with Gasteiger partial charge in [-0.15, -0.1) is 0 Å². The third kappa shape index (κ3) is 5.49. The number of carbonyl (C=O) groups excluding carboxylic acids is 1. The molecule has 9 heteroatoms. The average molecular weight is 542 g/mol. The van der Waals surface area contributed by atoms with Crippen LogP contribution in [0.1, 0.15) is 37.6 Å². The molecule has 8 nitrogen and oxygen atoms in total. The lowest BCUT2D eigenvalue weighted by molar-refractivity contribution is 0.0981. The van der Waals surface area contributed by atoms with Crippen molar-refractivity contribution >= 4 is 33.3 Å². The van der Waals surface area contributed by atoms with Crippen LogP contribution in [0.15, 0.2) is 96.2 Å². The number of carbonyl (C=O) groups is 1. The maximum absolute atomic E-state index is 13.2. The Morgan fingerprint density at radius 1 is 0.923 bits per heavy atom. The van der Waals surface area contributed by atoms with Gasteiger partial charge in [0.2, 0.25) is 0 Å². The minimum Gasteiger partial charge on any atom is -0.351 e.